The van der Waals surface area contributed by atoms with E-state index < -0.39 is 0 Å². The van der Waals surface area contributed by atoms with Gasteiger partial charge in [0, 0.05) is 23.7 Å². The molecule has 0 unspecified atom stereocenters. The summed E-state index contributed by atoms with van der Waals surface area (Å²) in [6.45, 7) is 8.80. The van der Waals surface area contributed by atoms with Crippen molar-refractivity contribution in [3.8, 4) is 0 Å². The van der Waals surface area contributed by atoms with Gasteiger partial charge in [-0.2, -0.15) is 0 Å². The lowest BCUT2D eigenvalue weighted by molar-refractivity contribution is -0.122. The second-order valence-corrected chi connectivity index (χ2v) is 8.89. The number of H-pyrrole nitrogens is 1. The smallest absolute Gasteiger partial charge is 0.254 e. The highest BCUT2D eigenvalue weighted by atomic mass is 32.2. The molecule has 5 nitrogen and oxygen atoms in total. The van der Waals surface area contributed by atoms with Gasteiger partial charge < -0.3 is 10.3 Å². The van der Waals surface area contributed by atoms with Crippen molar-refractivity contribution in [3.05, 3.63) is 21.6 Å². The lowest BCUT2D eigenvalue weighted by Crippen LogP contribution is -2.40. The Hall–Kier alpha value is -1.30. The molecule has 1 fully saturated rings. The number of rotatable bonds is 7. The highest BCUT2D eigenvalue weighted by Gasteiger charge is 2.32. The van der Waals surface area contributed by atoms with Crippen molar-refractivity contribution in [3.63, 3.8) is 0 Å². The number of nitrogens with one attached hydrogen (secondary N) is 2. The molecule has 0 saturated heterocycles. The average molecular weight is 380 g/mol. The molecule has 1 amide bonds. The summed E-state index contributed by atoms with van der Waals surface area (Å²) in [5.74, 6) is 0.791. The molecule has 146 valence electrons. The van der Waals surface area contributed by atoms with E-state index in [0.717, 1.165) is 18.8 Å². The predicted octanol–water partition coefficient (Wildman–Crippen LogP) is 3.84. The normalized spacial score (nSPS) is 20.8. The van der Waals surface area contributed by atoms with E-state index in [2.05, 4.69) is 36.1 Å². The van der Waals surface area contributed by atoms with E-state index in [4.69, 9.17) is 0 Å². The third kappa shape index (κ3) is 5.35. The van der Waals surface area contributed by atoms with Crippen molar-refractivity contribution in [2.24, 2.45) is 11.3 Å². The van der Waals surface area contributed by atoms with Gasteiger partial charge in [-0.1, -0.05) is 39.0 Å². The summed E-state index contributed by atoms with van der Waals surface area (Å²) in [6.07, 6.45) is 8.34. The quantitative estimate of drug-likeness (QED) is 0.557. The highest BCUT2D eigenvalue weighted by molar-refractivity contribution is 7.98. The van der Waals surface area contributed by atoms with Crippen LogP contribution in [0.1, 0.15) is 70.6 Å². The molecule has 1 aromatic heterocycles. The molecule has 0 spiro atoms. The zero-order valence-corrected chi connectivity index (χ0v) is 17.6. The molecule has 1 saturated carbocycles. The van der Waals surface area contributed by atoms with Crippen molar-refractivity contribution in [1.29, 1.82) is 0 Å². The molecule has 0 bridgehead atoms. The highest BCUT2D eigenvalue weighted by Crippen LogP contribution is 2.40. The summed E-state index contributed by atoms with van der Waals surface area (Å²) in [5, 5.41) is 3.78. The van der Waals surface area contributed by atoms with Gasteiger partial charge in [-0.15, -0.1) is 0 Å². The van der Waals surface area contributed by atoms with Crippen molar-refractivity contribution >= 4 is 17.7 Å². The van der Waals surface area contributed by atoms with Crippen LogP contribution in [-0.4, -0.2) is 28.2 Å². The average Bonchev–Trinajstić information content (AvgIpc) is 2.61. The maximum atomic E-state index is 12.3. The number of amides is 1. The van der Waals surface area contributed by atoms with Crippen molar-refractivity contribution in [1.82, 2.24) is 15.3 Å². The van der Waals surface area contributed by atoms with E-state index in [1.165, 1.54) is 31.0 Å². The number of nitrogens with zero attached hydrogens (tertiary/aromatic N) is 1. The lowest BCUT2D eigenvalue weighted by Gasteiger charge is -2.39. The SMILES string of the molecule is CCC(C)(C)C1CCC(NC(=O)CCc2c(C)nc(SC)[nH]c2=O)CC1. The first kappa shape index (κ1) is 21.0. The number of carbonyl (C=O) groups excluding carboxylic acids is 1. The standard InChI is InChI=1S/C20H33N3O2S/c1-6-20(3,4)14-7-9-15(10-8-14)22-17(24)12-11-16-13(2)21-19(26-5)23-18(16)25/h14-15H,6-12H2,1-5H3,(H,22,24)(H,21,23,25). The minimum atomic E-state index is -0.128. The molecule has 6 heteroatoms. The molecule has 1 aliphatic carbocycles. The summed E-state index contributed by atoms with van der Waals surface area (Å²) in [5.41, 5.74) is 1.60. The van der Waals surface area contributed by atoms with Gasteiger partial charge in [0.2, 0.25) is 5.91 Å². The molecule has 1 aliphatic rings. The van der Waals surface area contributed by atoms with Gasteiger partial charge in [-0.25, -0.2) is 4.98 Å². The Morgan fingerprint density at radius 3 is 2.50 bits per heavy atom. The molecule has 2 N–H and O–H groups in total. The van der Waals surface area contributed by atoms with Gasteiger partial charge >= 0.3 is 0 Å². The van der Waals surface area contributed by atoms with E-state index in [1.807, 2.05) is 13.2 Å². The number of aromatic amines is 1. The Kier molecular flexibility index (Phi) is 7.33. The molecular formula is C20H33N3O2S. The number of carbonyl (C=O) groups is 1. The fourth-order valence-electron chi connectivity index (χ4n) is 3.82. The van der Waals surface area contributed by atoms with Crippen molar-refractivity contribution in [2.75, 3.05) is 6.26 Å². The maximum Gasteiger partial charge on any atom is 0.254 e. The van der Waals surface area contributed by atoms with Crippen LogP contribution >= 0.6 is 11.8 Å². The number of aromatic nitrogens is 2. The summed E-state index contributed by atoms with van der Waals surface area (Å²) in [7, 11) is 0. The molecule has 2 rings (SSSR count). The second kappa shape index (κ2) is 9.07. The number of hydrogen-bond acceptors (Lipinski definition) is 4. The van der Waals surface area contributed by atoms with E-state index in [1.54, 1.807) is 0 Å². The number of thioether (sulfide) groups is 1. The van der Waals surface area contributed by atoms with Gasteiger partial charge in [0.1, 0.15) is 0 Å². The topological polar surface area (TPSA) is 74.8 Å². The van der Waals surface area contributed by atoms with Crippen LogP contribution in [0.3, 0.4) is 0 Å². The fraction of sp³-hybridized carbons (Fsp3) is 0.750. The summed E-state index contributed by atoms with van der Waals surface area (Å²) >= 11 is 1.41. The van der Waals surface area contributed by atoms with Gasteiger partial charge in [0.15, 0.2) is 5.16 Å². The Bertz CT molecular complexity index is 676. The lowest BCUT2D eigenvalue weighted by atomic mass is 9.69. The molecule has 1 heterocycles. The molecule has 1 aromatic rings. The van der Waals surface area contributed by atoms with E-state index in [0.29, 0.717) is 34.7 Å². The van der Waals surface area contributed by atoms with Gasteiger partial charge in [0.25, 0.3) is 5.56 Å². The third-order valence-electron chi connectivity index (χ3n) is 6.10. The predicted molar refractivity (Wildman–Crippen MR) is 108 cm³/mol. The first-order valence-electron chi connectivity index (χ1n) is 9.70. The van der Waals surface area contributed by atoms with Crippen LogP contribution in [0.25, 0.3) is 0 Å². The van der Waals surface area contributed by atoms with Crippen molar-refractivity contribution < 1.29 is 4.79 Å². The Balaban J connectivity index is 1.83. The Labute approximate surface area is 161 Å². The van der Waals surface area contributed by atoms with Crippen LogP contribution in [0, 0.1) is 18.3 Å². The minimum absolute atomic E-state index is 0.0379. The van der Waals surface area contributed by atoms with Crippen LogP contribution in [0.4, 0.5) is 0 Å². The molecule has 0 aromatic carbocycles. The zero-order chi connectivity index (χ0) is 19.3. The van der Waals surface area contributed by atoms with Gasteiger partial charge in [0.05, 0.1) is 0 Å². The van der Waals surface area contributed by atoms with Crippen LogP contribution < -0.4 is 10.9 Å². The van der Waals surface area contributed by atoms with Crippen LogP contribution in [0.2, 0.25) is 0 Å². The monoisotopic (exact) mass is 379 g/mol. The molecule has 0 atom stereocenters. The Morgan fingerprint density at radius 1 is 1.31 bits per heavy atom. The second-order valence-electron chi connectivity index (χ2n) is 8.10. The molecule has 0 radical (unpaired) electrons. The van der Waals surface area contributed by atoms with Crippen LogP contribution in [0.15, 0.2) is 9.95 Å². The van der Waals surface area contributed by atoms with E-state index in [-0.39, 0.29) is 17.5 Å². The number of aryl methyl sites for hydroxylation is 1. The van der Waals surface area contributed by atoms with E-state index >= 15 is 0 Å². The maximum absolute atomic E-state index is 12.3. The fourth-order valence-corrected chi connectivity index (χ4v) is 4.24. The number of hydrogen-bond donors (Lipinski definition) is 2. The summed E-state index contributed by atoms with van der Waals surface area (Å²) in [6, 6.07) is 0.280. The minimum Gasteiger partial charge on any atom is -0.353 e. The largest absolute Gasteiger partial charge is 0.353 e. The Morgan fingerprint density at radius 2 is 1.96 bits per heavy atom. The third-order valence-corrected chi connectivity index (χ3v) is 6.68. The molecule has 26 heavy (non-hydrogen) atoms. The van der Waals surface area contributed by atoms with Gasteiger partial charge in [-0.3, -0.25) is 9.59 Å². The van der Waals surface area contributed by atoms with Crippen LogP contribution in [-0.2, 0) is 11.2 Å². The summed E-state index contributed by atoms with van der Waals surface area (Å²) in [4.78, 5) is 31.6. The van der Waals surface area contributed by atoms with Gasteiger partial charge in [-0.05, 0) is 56.6 Å². The molecular weight excluding hydrogens is 346 g/mol. The first-order chi connectivity index (χ1) is 12.3. The summed E-state index contributed by atoms with van der Waals surface area (Å²) < 4.78 is 0. The molecule has 0 aliphatic heterocycles. The van der Waals surface area contributed by atoms with Crippen molar-refractivity contribution in [2.45, 2.75) is 83.8 Å². The van der Waals surface area contributed by atoms with Crippen LogP contribution in [0.5, 0.6) is 0 Å². The van der Waals surface area contributed by atoms with E-state index in [9.17, 15) is 9.59 Å². The zero-order valence-electron chi connectivity index (χ0n) is 16.8. The first-order valence-corrected chi connectivity index (χ1v) is 10.9.